The van der Waals surface area contributed by atoms with Crippen LogP contribution in [0.1, 0.15) is 27.9 Å². The van der Waals surface area contributed by atoms with Crippen LogP contribution in [0.25, 0.3) is 0 Å². The summed E-state index contributed by atoms with van der Waals surface area (Å²) < 4.78 is 13.1. The highest BCUT2D eigenvalue weighted by Gasteiger charge is 2.22. The molecule has 0 aliphatic carbocycles. The molecule has 152 valence electrons. The van der Waals surface area contributed by atoms with Gasteiger partial charge in [0.25, 0.3) is 5.91 Å². The van der Waals surface area contributed by atoms with Crippen LogP contribution in [0.3, 0.4) is 0 Å². The van der Waals surface area contributed by atoms with Crippen LogP contribution >= 0.6 is 11.6 Å². The lowest BCUT2D eigenvalue weighted by molar-refractivity contribution is -0.119. The lowest BCUT2D eigenvalue weighted by Crippen LogP contribution is -2.30. The molecule has 1 aliphatic rings. The van der Waals surface area contributed by atoms with E-state index in [-0.39, 0.29) is 35.1 Å². The average molecular weight is 418 g/mol. The minimum absolute atomic E-state index is 0.00848. The SMILES string of the molecule is Cc1ccc(C(=O)NCC2CNC(=O)C2)cc1NC(=O)Cc1ccc(F)cc1Cl. The van der Waals surface area contributed by atoms with Crippen molar-refractivity contribution >= 4 is 35.0 Å². The highest BCUT2D eigenvalue weighted by molar-refractivity contribution is 6.31. The van der Waals surface area contributed by atoms with Gasteiger partial charge in [0.05, 0.1) is 6.42 Å². The monoisotopic (exact) mass is 417 g/mol. The van der Waals surface area contributed by atoms with Gasteiger partial charge in [0.15, 0.2) is 0 Å². The zero-order valence-electron chi connectivity index (χ0n) is 15.9. The van der Waals surface area contributed by atoms with E-state index in [0.29, 0.717) is 36.3 Å². The Hall–Kier alpha value is -2.93. The number of aryl methyl sites for hydroxylation is 1. The van der Waals surface area contributed by atoms with E-state index in [9.17, 15) is 18.8 Å². The van der Waals surface area contributed by atoms with Crippen LogP contribution in [0.5, 0.6) is 0 Å². The quantitative estimate of drug-likeness (QED) is 0.675. The molecule has 1 aliphatic heterocycles. The maximum Gasteiger partial charge on any atom is 0.251 e. The van der Waals surface area contributed by atoms with Crippen LogP contribution in [-0.4, -0.2) is 30.8 Å². The Morgan fingerprint density at radius 3 is 2.72 bits per heavy atom. The van der Waals surface area contributed by atoms with Crippen molar-refractivity contribution in [3.63, 3.8) is 0 Å². The van der Waals surface area contributed by atoms with E-state index in [1.165, 1.54) is 12.1 Å². The van der Waals surface area contributed by atoms with Crippen molar-refractivity contribution in [3.8, 4) is 0 Å². The number of hydrogen-bond donors (Lipinski definition) is 3. The summed E-state index contributed by atoms with van der Waals surface area (Å²) in [6.07, 6.45) is 0.388. The molecule has 0 aromatic heterocycles. The highest BCUT2D eigenvalue weighted by Crippen LogP contribution is 2.20. The zero-order valence-corrected chi connectivity index (χ0v) is 16.6. The van der Waals surface area contributed by atoms with Crippen LogP contribution in [0.15, 0.2) is 36.4 Å². The first-order chi connectivity index (χ1) is 13.8. The molecule has 0 saturated carbocycles. The Labute approximate surface area is 172 Å². The van der Waals surface area contributed by atoms with Gasteiger partial charge in [0.1, 0.15) is 5.82 Å². The third kappa shape index (κ3) is 5.54. The molecule has 6 nitrogen and oxygen atoms in total. The van der Waals surface area contributed by atoms with Crippen molar-refractivity contribution in [3.05, 3.63) is 63.9 Å². The van der Waals surface area contributed by atoms with Crippen LogP contribution < -0.4 is 16.0 Å². The van der Waals surface area contributed by atoms with E-state index < -0.39 is 5.82 Å². The topological polar surface area (TPSA) is 87.3 Å². The molecule has 2 aromatic carbocycles. The third-order valence-corrected chi connectivity index (χ3v) is 5.11. The molecule has 8 heteroatoms. The van der Waals surface area contributed by atoms with Crippen LogP contribution in [0, 0.1) is 18.7 Å². The smallest absolute Gasteiger partial charge is 0.251 e. The lowest BCUT2D eigenvalue weighted by Gasteiger charge is -2.13. The fraction of sp³-hybridized carbons (Fsp3) is 0.286. The molecule has 1 heterocycles. The molecular formula is C21H21ClFN3O3. The Kier molecular flexibility index (Phi) is 6.49. The molecule has 3 amide bonds. The first kappa shape index (κ1) is 20.8. The number of nitrogens with one attached hydrogen (secondary N) is 3. The first-order valence-corrected chi connectivity index (χ1v) is 9.59. The fourth-order valence-corrected chi connectivity index (χ4v) is 3.31. The number of halogens is 2. The molecule has 1 atom stereocenters. The second-order valence-electron chi connectivity index (χ2n) is 7.07. The minimum Gasteiger partial charge on any atom is -0.356 e. The molecule has 1 unspecified atom stereocenters. The van der Waals surface area contributed by atoms with E-state index in [4.69, 9.17) is 11.6 Å². The number of hydrogen-bond acceptors (Lipinski definition) is 3. The molecule has 0 bridgehead atoms. The molecule has 3 rings (SSSR count). The van der Waals surface area contributed by atoms with E-state index in [0.717, 1.165) is 11.6 Å². The maximum atomic E-state index is 13.1. The van der Waals surface area contributed by atoms with E-state index >= 15 is 0 Å². The van der Waals surface area contributed by atoms with Gasteiger partial charge in [-0.3, -0.25) is 14.4 Å². The van der Waals surface area contributed by atoms with Crippen molar-refractivity contribution in [1.29, 1.82) is 0 Å². The molecular weight excluding hydrogens is 397 g/mol. The molecule has 29 heavy (non-hydrogen) atoms. The number of rotatable bonds is 6. The third-order valence-electron chi connectivity index (χ3n) is 4.75. The lowest BCUT2D eigenvalue weighted by atomic mass is 10.1. The van der Waals surface area contributed by atoms with Gasteiger partial charge in [0.2, 0.25) is 11.8 Å². The van der Waals surface area contributed by atoms with Crippen molar-refractivity contribution in [1.82, 2.24) is 10.6 Å². The van der Waals surface area contributed by atoms with Gasteiger partial charge < -0.3 is 16.0 Å². The van der Waals surface area contributed by atoms with E-state index in [1.54, 1.807) is 18.2 Å². The number of benzene rings is 2. The molecule has 3 N–H and O–H groups in total. The summed E-state index contributed by atoms with van der Waals surface area (Å²) in [5.74, 6) is -0.995. The normalized spacial score (nSPS) is 15.7. The van der Waals surface area contributed by atoms with Gasteiger partial charge in [-0.25, -0.2) is 4.39 Å². The second-order valence-corrected chi connectivity index (χ2v) is 7.48. The van der Waals surface area contributed by atoms with Crippen LogP contribution in [-0.2, 0) is 16.0 Å². The predicted octanol–water partition coefficient (Wildman–Crippen LogP) is 2.83. The zero-order chi connectivity index (χ0) is 21.0. The maximum absolute atomic E-state index is 13.1. The molecule has 1 saturated heterocycles. The predicted molar refractivity (Wildman–Crippen MR) is 108 cm³/mol. The van der Waals surface area contributed by atoms with Gasteiger partial charge in [0, 0.05) is 41.7 Å². The second kappa shape index (κ2) is 9.05. The van der Waals surface area contributed by atoms with Gasteiger partial charge in [-0.15, -0.1) is 0 Å². The van der Waals surface area contributed by atoms with Crippen molar-refractivity contribution in [2.45, 2.75) is 19.8 Å². The van der Waals surface area contributed by atoms with Gasteiger partial charge in [-0.05, 0) is 42.3 Å². The summed E-state index contributed by atoms with van der Waals surface area (Å²) in [4.78, 5) is 36.0. The average Bonchev–Trinajstić information content (AvgIpc) is 3.09. The van der Waals surface area contributed by atoms with Gasteiger partial charge >= 0.3 is 0 Å². The number of carbonyl (C=O) groups excluding carboxylic acids is 3. The molecule has 0 spiro atoms. The molecule has 1 fully saturated rings. The molecule has 0 radical (unpaired) electrons. The fourth-order valence-electron chi connectivity index (χ4n) is 3.08. The Bertz CT molecular complexity index is 964. The Morgan fingerprint density at radius 1 is 1.24 bits per heavy atom. The summed E-state index contributed by atoms with van der Waals surface area (Å²) in [5.41, 5.74) is 2.23. The number of anilines is 1. The highest BCUT2D eigenvalue weighted by atomic mass is 35.5. The van der Waals surface area contributed by atoms with Crippen molar-refractivity contribution in [2.24, 2.45) is 5.92 Å². The Balaban J connectivity index is 1.62. The standard InChI is InChI=1S/C21H21ClFN3O3/c1-12-2-3-15(21(29)25-11-13-6-19(27)24-10-13)7-18(12)26-20(28)8-14-4-5-16(23)9-17(14)22/h2-5,7,9,13H,6,8,10-11H2,1H3,(H,24,27)(H,25,29)(H,26,28). The van der Waals surface area contributed by atoms with Crippen LogP contribution in [0.4, 0.5) is 10.1 Å². The summed E-state index contributed by atoms with van der Waals surface area (Å²) in [6.45, 7) is 2.77. The summed E-state index contributed by atoms with van der Waals surface area (Å²) in [6, 6.07) is 8.90. The van der Waals surface area contributed by atoms with Crippen LogP contribution in [0.2, 0.25) is 5.02 Å². The largest absolute Gasteiger partial charge is 0.356 e. The van der Waals surface area contributed by atoms with Gasteiger partial charge in [-0.2, -0.15) is 0 Å². The number of carbonyl (C=O) groups is 3. The Morgan fingerprint density at radius 2 is 2.03 bits per heavy atom. The van der Waals surface area contributed by atoms with E-state index in [2.05, 4.69) is 16.0 Å². The summed E-state index contributed by atoms with van der Waals surface area (Å²) in [7, 11) is 0. The van der Waals surface area contributed by atoms with Crippen molar-refractivity contribution in [2.75, 3.05) is 18.4 Å². The van der Waals surface area contributed by atoms with E-state index in [1.807, 2.05) is 6.92 Å². The van der Waals surface area contributed by atoms with Crippen molar-refractivity contribution < 1.29 is 18.8 Å². The first-order valence-electron chi connectivity index (χ1n) is 9.21. The molecule has 2 aromatic rings. The summed E-state index contributed by atoms with van der Waals surface area (Å²) >= 11 is 5.97. The van der Waals surface area contributed by atoms with Gasteiger partial charge in [-0.1, -0.05) is 23.7 Å². The summed E-state index contributed by atoms with van der Waals surface area (Å²) in [5, 5.41) is 8.51. The minimum atomic E-state index is -0.466. The number of amides is 3.